The molecule has 0 aliphatic carbocycles. The van der Waals surface area contributed by atoms with E-state index in [0.29, 0.717) is 35.7 Å². The van der Waals surface area contributed by atoms with Crippen molar-refractivity contribution in [2.24, 2.45) is 5.92 Å². The quantitative estimate of drug-likeness (QED) is 0.442. The molecular weight excluding hydrogens is 425 g/mol. The molecule has 172 valence electrons. The van der Waals surface area contributed by atoms with Crippen molar-refractivity contribution in [1.82, 2.24) is 5.32 Å². The average molecular weight is 451 g/mol. The second-order valence-electron chi connectivity index (χ2n) is 7.56. The first-order valence-corrected chi connectivity index (χ1v) is 10.6. The van der Waals surface area contributed by atoms with E-state index in [2.05, 4.69) is 5.32 Å². The molecule has 0 unspecified atom stereocenters. The van der Waals surface area contributed by atoms with Gasteiger partial charge in [-0.3, -0.25) is 9.59 Å². The molecule has 0 bridgehead atoms. The number of hydrogen-bond donors (Lipinski definition) is 2. The van der Waals surface area contributed by atoms with Crippen LogP contribution in [0.25, 0.3) is 0 Å². The monoisotopic (exact) mass is 451 g/mol. The molecule has 3 rings (SSSR count). The van der Waals surface area contributed by atoms with Crippen molar-refractivity contribution in [3.8, 4) is 17.2 Å². The highest BCUT2D eigenvalue weighted by atomic mass is 19.1. The van der Waals surface area contributed by atoms with Crippen molar-refractivity contribution in [3.05, 3.63) is 89.2 Å². The minimum absolute atomic E-state index is 0.287. The number of amides is 1. The van der Waals surface area contributed by atoms with Gasteiger partial charge in [0.05, 0.1) is 18.6 Å². The van der Waals surface area contributed by atoms with Gasteiger partial charge in [-0.15, -0.1) is 0 Å². The average Bonchev–Trinajstić information content (AvgIpc) is 2.83. The fraction of sp³-hybridized carbons (Fsp3) is 0.231. The normalized spacial score (nSPS) is 11.5. The lowest BCUT2D eigenvalue weighted by molar-refractivity contribution is -0.141. The van der Waals surface area contributed by atoms with Crippen LogP contribution in [-0.2, 0) is 17.8 Å². The Kier molecular flexibility index (Phi) is 8.02. The number of nitrogens with one attached hydrogen (secondary N) is 1. The topological polar surface area (TPSA) is 84.9 Å². The number of halogens is 1. The molecule has 6 nitrogen and oxygen atoms in total. The molecule has 0 spiro atoms. The van der Waals surface area contributed by atoms with Gasteiger partial charge in [0, 0.05) is 6.54 Å². The first kappa shape index (κ1) is 23.8. The van der Waals surface area contributed by atoms with Gasteiger partial charge in [-0.25, -0.2) is 4.39 Å². The smallest absolute Gasteiger partial charge is 0.306 e. The number of carboxylic acids is 1. The van der Waals surface area contributed by atoms with Crippen molar-refractivity contribution in [3.63, 3.8) is 0 Å². The third kappa shape index (κ3) is 6.55. The maximum atomic E-state index is 13.0. The van der Waals surface area contributed by atoms with E-state index in [9.17, 15) is 19.1 Å². The van der Waals surface area contributed by atoms with Gasteiger partial charge >= 0.3 is 5.97 Å². The fourth-order valence-corrected chi connectivity index (χ4v) is 3.34. The van der Waals surface area contributed by atoms with Crippen LogP contribution in [0.4, 0.5) is 4.39 Å². The summed E-state index contributed by atoms with van der Waals surface area (Å²) in [7, 11) is 1.48. The summed E-state index contributed by atoms with van der Waals surface area (Å²) in [6, 6.07) is 18.1. The van der Waals surface area contributed by atoms with E-state index in [1.165, 1.54) is 19.2 Å². The summed E-state index contributed by atoms with van der Waals surface area (Å²) in [5.41, 5.74) is 1.98. The third-order valence-corrected chi connectivity index (χ3v) is 5.26. The molecule has 33 heavy (non-hydrogen) atoms. The van der Waals surface area contributed by atoms with Crippen LogP contribution in [0.15, 0.2) is 66.7 Å². The van der Waals surface area contributed by atoms with Crippen LogP contribution in [0.1, 0.15) is 34.8 Å². The molecule has 0 aliphatic heterocycles. The molecule has 0 radical (unpaired) electrons. The summed E-state index contributed by atoms with van der Waals surface area (Å²) in [6.07, 6.45) is 0.843. The molecule has 1 amide bonds. The predicted octanol–water partition coefficient (Wildman–Crippen LogP) is 5.21. The zero-order valence-electron chi connectivity index (χ0n) is 18.5. The van der Waals surface area contributed by atoms with E-state index in [0.717, 1.165) is 11.1 Å². The van der Waals surface area contributed by atoms with E-state index in [1.54, 1.807) is 42.5 Å². The first-order valence-electron chi connectivity index (χ1n) is 10.6. The number of ether oxygens (including phenoxy) is 2. The van der Waals surface area contributed by atoms with Crippen LogP contribution >= 0.6 is 0 Å². The number of hydrogen-bond acceptors (Lipinski definition) is 4. The molecule has 0 aromatic heterocycles. The van der Waals surface area contributed by atoms with Crippen molar-refractivity contribution in [2.75, 3.05) is 7.11 Å². The number of methoxy groups -OCH3 is 1. The SMILES string of the molecule is CC[C@@H](Cc1ccc(OC)c(C(=O)NCc2ccc(Oc3ccc(F)cc3)cc2)c1)C(=O)O. The summed E-state index contributed by atoms with van der Waals surface area (Å²) < 4.78 is 24.0. The number of carboxylic acid groups (broad SMARTS) is 1. The third-order valence-electron chi connectivity index (χ3n) is 5.26. The van der Waals surface area contributed by atoms with E-state index in [-0.39, 0.29) is 18.3 Å². The number of carbonyl (C=O) groups excluding carboxylic acids is 1. The van der Waals surface area contributed by atoms with Gasteiger partial charge in [0.15, 0.2) is 0 Å². The van der Waals surface area contributed by atoms with Crippen molar-refractivity contribution in [1.29, 1.82) is 0 Å². The van der Waals surface area contributed by atoms with Crippen LogP contribution in [0.2, 0.25) is 0 Å². The fourth-order valence-electron chi connectivity index (χ4n) is 3.34. The minimum Gasteiger partial charge on any atom is -0.496 e. The second-order valence-corrected chi connectivity index (χ2v) is 7.56. The Morgan fingerprint density at radius 2 is 1.58 bits per heavy atom. The van der Waals surface area contributed by atoms with Gasteiger partial charge in [-0.05, 0) is 72.5 Å². The molecule has 3 aromatic carbocycles. The maximum absolute atomic E-state index is 13.0. The van der Waals surface area contributed by atoms with Gasteiger partial charge < -0.3 is 19.9 Å². The number of carbonyl (C=O) groups is 2. The van der Waals surface area contributed by atoms with Crippen molar-refractivity contribution >= 4 is 11.9 Å². The Hall–Kier alpha value is -3.87. The maximum Gasteiger partial charge on any atom is 0.306 e. The largest absolute Gasteiger partial charge is 0.496 e. The molecule has 3 aromatic rings. The highest BCUT2D eigenvalue weighted by Crippen LogP contribution is 2.24. The molecule has 7 heteroatoms. The number of benzene rings is 3. The molecule has 0 aliphatic rings. The predicted molar refractivity (Wildman–Crippen MR) is 122 cm³/mol. The summed E-state index contributed by atoms with van der Waals surface area (Å²) >= 11 is 0. The number of rotatable bonds is 10. The summed E-state index contributed by atoms with van der Waals surface area (Å²) in [5, 5.41) is 12.2. The second kappa shape index (κ2) is 11.1. The Morgan fingerprint density at radius 3 is 2.15 bits per heavy atom. The van der Waals surface area contributed by atoms with E-state index >= 15 is 0 Å². The van der Waals surface area contributed by atoms with E-state index in [4.69, 9.17) is 9.47 Å². The lowest BCUT2D eigenvalue weighted by Gasteiger charge is -2.14. The summed E-state index contributed by atoms with van der Waals surface area (Å²) in [4.78, 5) is 24.2. The Bertz CT molecular complexity index is 1100. The van der Waals surface area contributed by atoms with E-state index in [1.807, 2.05) is 19.1 Å². The number of aliphatic carboxylic acids is 1. The molecule has 0 saturated heterocycles. The van der Waals surface area contributed by atoms with Crippen LogP contribution in [0.5, 0.6) is 17.2 Å². The molecule has 2 N–H and O–H groups in total. The van der Waals surface area contributed by atoms with Gasteiger partial charge in [0.1, 0.15) is 23.1 Å². The van der Waals surface area contributed by atoms with E-state index < -0.39 is 11.9 Å². The van der Waals surface area contributed by atoms with Gasteiger partial charge in [-0.1, -0.05) is 25.1 Å². The molecule has 0 heterocycles. The Labute approximate surface area is 192 Å². The van der Waals surface area contributed by atoms with Crippen molar-refractivity contribution in [2.45, 2.75) is 26.3 Å². The van der Waals surface area contributed by atoms with Crippen LogP contribution in [0, 0.1) is 11.7 Å². The molecule has 1 atom stereocenters. The van der Waals surface area contributed by atoms with Gasteiger partial charge in [-0.2, -0.15) is 0 Å². The lowest BCUT2D eigenvalue weighted by atomic mass is 9.95. The highest BCUT2D eigenvalue weighted by Gasteiger charge is 2.18. The summed E-state index contributed by atoms with van der Waals surface area (Å²) in [5.74, 6) is -0.474. The van der Waals surface area contributed by atoms with Gasteiger partial charge in [0.25, 0.3) is 5.91 Å². The standard InChI is InChI=1S/C26H26FNO5/c1-3-19(26(30)31)14-18-6-13-24(32-2)23(15-18)25(29)28-16-17-4-9-21(10-5-17)33-22-11-7-20(27)8-12-22/h4-13,15,19H,3,14,16H2,1-2H3,(H,28,29)(H,30,31)/t19-/m0/s1. The Balaban J connectivity index is 1.64. The zero-order chi connectivity index (χ0) is 23.8. The molecule has 0 saturated carbocycles. The summed E-state index contributed by atoms with van der Waals surface area (Å²) in [6.45, 7) is 2.11. The molecular formula is C26H26FNO5. The van der Waals surface area contributed by atoms with Crippen molar-refractivity contribution < 1.29 is 28.6 Å². The molecule has 0 fully saturated rings. The highest BCUT2D eigenvalue weighted by molar-refractivity contribution is 5.97. The van der Waals surface area contributed by atoms with Crippen LogP contribution in [0.3, 0.4) is 0 Å². The van der Waals surface area contributed by atoms with Crippen LogP contribution < -0.4 is 14.8 Å². The zero-order valence-corrected chi connectivity index (χ0v) is 18.5. The minimum atomic E-state index is -0.855. The first-order chi connectivity index (χ1) is 15.9. The Morgan fingerprint density at radius 1 is 0.970 bits per heavy atom. The lowest BCUT2D eigenvalue weighted by Crippen LogP contribution is -2.24. The van der Waals surface area contributed by atoms with Gasteiger partial charge in [0.2, 0.25) is 0 Å². The van der Waals surface area contributed by atoms with Crippen LogP contribution in [-0.4, -0.2) is 24.1 Å².